The Hall–Kier alpha value is -1.39. The number of rotatable bonds is 1. The molecule has 0 aliphatic heterocycles. The third-order valence-electron chi connectivity index (χ3n) is 1.14. The number of carbonyl (C=O) groups excluding carboxylic acids is 3. The quantitative estimate of drug-likeness (QED) is 0.665. The summed E-state index contributed by atoms with van der Waals surface area (Å²) < 4.78 is 4.11. The summed E-state index contributed by atoms with van der Waals surface area (Å²) >= 11 is 0. The van der Waals surface area contributed by atoms with E-state index in [1.54, 1.807) is 14.0 Å². The third kappa shape index (κ3) is 66.8. The highest BCUT2D eigenvalue weighted by atomic mass is 16.5. The summed E-state index contributed by atoms with van der Waals surface area (Å²) in [4.78, 5) is 29.1. The first kappa shape index (κ1) is 19.2. The van der Waals surface area contributed by atoms with Crippen LogP contribution in [0.1, 0.15) is 34.1 Å². The molecule has 0 fully saturated rings. The third-order valence-corrected chi connectivity index (χ3v) is 1.14. The molecule has 0 bridgehead atoms. The fourth-order valence-electron chi connectivity index (χ4n) is 0. The summed E-state index contributed by atoms with van der Waals surface area (Å²) in [5, 5.41) is 2.39. The summed E-state index contributed by atoms with van der Waals surface area (Å²) in [5.41, 5.74) is 0. The first-order valence-electron chi connectivity index (χ1n) is 4.54. The van der Waals surface area contributed by atoms with Gasteiger partial charge in [0.05, 0.1) is 7.11 Å². The standard InChI is InChI=1S/C4H8O.C3H7NO.C3H6O2/c1-3-4(2)5;1-3(5)4-2;1-3(4)5-2/h3H2,1-2H3;1-2H3,(H,4,5);1-2H3. The molecule has 5 heteroatoms. The Balaban J connectivity index is -0.000000144. The molecule has 0 atom stereocenters. The second-order valence-electron chi connectivity index (χ2n) is 2.56. The Morgan fingerprint density at radius 3 is 1.33 bits per heavy atom. The maximum atomic E-state index is 9.81. The molecule has 90 valence electrons. The molecule has 0 aromatic carbocycles. The number of hydrogen-bond donors (Lipinski definition) is 1. The van der Waals surface area contributed by atoms with E-state index in [-0.39, 0.29) is 17.7 Å². The second kappa shape index (κ2) is 15.1. The van der Waals surface area contributed by atoms with Gasteiger partial charge in [0.15, 0.2) is 0 Å². The Bertz CT molecular complexity index is 157. The van der Waals surface area contributed by atoms with Crippen molar-refractivity contribution in [2.75, 3.05) is 14.2 Å². The molecule has 5 nitrogen and oxygen atoms in total. The van der Waals surface area contributed by atoms with Crippen LogP contribution in [-0.2, 0) is 19.1 Å². The minimum absolute atomic E-state index is 0.00463. The van der Waals surface area contributed by atoms with Crippen LogP contribution in [0, 0.1) is 0 Å². The molecule has 0 aliphatic carbocycles. The van der Waals surface area contributed by atoms with Crippen LogP contribution in [0.3, 0.4) is 0 Å². The lowest BCUT2D eigenvalue weighted by Gasteiger charge is -1.80. The summed E-state index contributed by atoms with van der Waals surface area (Å²) in [6.07, 6.45) is 0.667. The van der Waals surface area contributed by atoms with Crippen molar-refractivity contribution in [3.63, 3.8) is 0 Å². The lowest BCUT2D eigenvalue weighted by molar-refractivity contribution is -0.138. The molecule has 0 saturated carbocycles. The number of ether oxygens (including phenoxy) is 1. The average molecular weight is 219 g/mol. The zero-order valence-electron chi connectivity index (χ0n) is 10.3. The van der Waals surface area contributed by atoms with Gasteiger partial charge in [-0.15, -0.1) is 0 Å². The summed E-state index contributed by atoms with van der Waals surface area (Å²) in [5.74, 6) is 0.0139. The normalized spacial score (nSPS) is 7.07. The summed E-state index contributed by atoms with van der Waals surface area (Å²) in [6.45, 7) is 6.27. The lowest BCUT2D eigenvalue weighted by Crippen LogP contribution is -2.11. The Morgan fingerprint density at radius 2 is 1.33 bits per heavy atom. The molecule has 0 aromatic heterocycles. The van der Waals surface area contributed by atoms with Gasteiger partial charge in [-0.3, -0.25) is 9.59 Å². The van der Waals surface area contributed by atoms with E-state index in [0.717, 1.165) is 0 Å². The molecule has 0 heterocycles. The van der Waals surface area contributed by atoms with E-state index in [9.17, 15) is 14.4 Å². The first-order chi connectivity index (χ1) is 6.81. The molecule has 0 saturated heterocycles. The predicted octanol–water partition coefficient (Wildman–Crippen LogP) is 0.917. The van der Waals surface area contributed by atoms with Gasteiger partial charge in [-0.25, -0.2) is 0 Å². The van der Waals surface area contributed by atoms with Crippen LogP contribution < -0.4 is 5.32 Å². The van der Waals surface area contributed by atoms with Crippen molar-refractivity contribution in [2.45, 2.75) is 34.1 Å². The molecule has 0 aliphatic rings. The first-order valence-corrected chi connectivity index (χ1v) is 4.54. The van der Waals surface area contributed by atoms with Gasteiger partial charge in [-0.05, 0) is 6.92 Å². The van der Waals surface area contributed by atoms with E-state index < -0.39 is 0 Å². The van der Waals surface area contributed by atoms with Gasteiger partial charge in [0.25, 0.3) is 0 Å². The van der Waals surface area contributed by atoms with E-state index in [1.165, 1.54) is 21.0 Å². The van der Waals surface area contributed by atoms with Gasteiger partial charge in [-0.1, -0.05) is 6.92 Å². The molecular weight excluding hydrogens is 198 g/mol. The van der Waals surface area contributed by atoms with Gasteiger partial charge < -0.3 is 14.8 Å². The van der Waals surface area contributed by atoms with Crippen molar-refractivity contribution in [2.24, 2.45) is 0 Å². The minimum atomic E-state index is -0.245. The van der Waals surface area contributed by atoms with Gasteiger partial charge in [0.2, 0.25) is 5.91 Å². The van der Waals surface area contributed by atoms with E-state index in [2.05, 4.69) is 10.1 Å². The van der Waals surface area contributed by atoms with Crippen LogP contribution in [0.4, 0.5) is 0 Å². The second-order valence-corrected chi connectivity index (χ2v) is 2.56. The van der Waals surface area contributed by atoms with E-state index >= 15 is 0 Å². The molecule has 0 aromatic rings. The summed E-state index contributed by atoms with van der Waals surface area (Å²) in [7, 11) is 2.95. The predicted molar refractivity (Wildman–Crippen MR) is 58.4 cm³/mol. The molecular formula is C10H21NO4. The highest BCUT2D eigenvalue weighted by Gasteiger charge is 1.77. The van der Waals surface area contributed by atoms with Crippen molar-refractivity contribution in [3.8, 4) is 0 Å². The Morgan fingerprint density at radius 1 is 1.13 bits per heavy atom. The van der Waals surface area contributed by atoms with Crippen molar-refractivity contribution in [3.05, 3.63) is 0 Å². The fourth-order valence-corrected chi connectivity index (χ4v) is 0. The highest BCUT2D eigenvalue weighted by molar-refractivity contribution is 5.74. The maximum Gasteiger partial charge on any atom is 0.302 e. The molecule has 0 rings (SSSR count). The monoisotopic (exact) mass is 219 g/mol. The van der Waals surface area contributed by atoms with Crippen LogP contribution >= 0.6 is 0 Å². The zero-order chi connectivity index (χ0) is 12.9. The fraction of sp³-hybridized carbons (Fsp3) is 0.700. The van der Waals surface area contributed by atoms with Crippen LogP contribution in [0.5, 0.6) is 0 Å². The smallest absolute Gasteiger partial charge is 0.302 e. The highest BCUT2D eigenvalue weighted by Crippen LogP contribution is 1.71. The molecule has 0 unspecified atom stereocenters. The number of esters is 1. The van der Waals surface area contributed by atoms with E-state index in [0.29, 0.717) is 6.42 Å². The SMILES string of the molecule is CCC(C)=O.CNC(C)=O.COC(C)=O. The average Bonchev–Trinajstić information content (AvgIpc) is 2.19. The Kier molecular flexibility index (Phi) is 19.4. The molecule has 1 N–H and O–H groups in total. The number of ketones is 1. The van der Waals surface area contributed by atoms with Crippen LogP contribution in [0.25, 0.3) is 0 Å². The van der Waals surface area contributed by atoms with Crippen LogP contribution in [0.2, 0.25) is 0 Å². The van der Waals surface area contributed by atoms with Gasteiger partial charge in [-0.2, -0.15) is 0 Å². The number of amides is 1. The number of hydrogen-bond acceptors (Lipinski definition) is 4. The van der Waals surface area contributed by atoms with Crippen molar-refractivity contribution >= 4 is 17.7 Å². The number of Topliss-reactive ketones (excluding diaryl/α,β-unsaturated/α-hetero) is 1. The van der Waals surface area contributed by atoms with E-state index in [4.69, 9.17) is 0 Å². The van der Waals surface area contributed by atoms with Gasteiger partial charge in [0, 0.05) is 27.3 Å². The molecule has 1 amide bonds. The molecule has 0 spiro atoms. The number of nitrogens with one attached hydrogen (secondary N) is 1. The topological polar surface area (TPSA) is 72.5 Å². The summed E-state index contributed by atoms with van der Waals surface area (Å²) in [6, 6.07) is 0. The van der Waals surface area contributed by atoms with Crippen molar-refractivity contribution < 1.29 is 19.1 Å². The van der Waals surface area contributed by atoms with Crippen molar-refractivity contribution in [1.82, 2.24) is 5.32 Å². The maximum absolute atomic E-state index is 9.81. The van der Waals surface area contributed by atoms with Crippen LogP contribution in [0.15, 0.2) is 0 Å². The van der Waals surface area contributed by atoms with Gasteiger partial charge in [0.1, 0.15) is 5.78 Å². The largest absolute Gasteiger partial charge is 0.469 e. The lowest BCUT2D eigenvalue weighted by atomic mass is 10.4. The zero-order valence-corrected chi connectivity index (χ0v) is 10.3. The minimum Gasteiger partial charge on any atom is -0.469 e. The van der Waals surface area contributed by atoms with Crippen molar-refractivity contribution in [1.29, 1.82) is 0 Å². The van der Waals surface area contributed by atoms with Crippen LogP contribution in [-0.4, -0.2) is 31.8 Å². The Labute approximate surface area is 91.2 Å². The van der Waals surface area contributed by atoms with Gasteiger partial charge >= 0.3 is 5.97 Å². The molecule has 0 radical (unpaired) electrons. The number of carbonyl (C=O) groups is 3. The molecule has 15 heavy (non-hydrogen) atoms. The van der Waals surface area contributed by atoms with E-state index in [1.807, 2.05) is 6.92 Å². The number of methoxy groups -OCH3 is 1.